The van der Waals surface area contributed by atoms with Crippen LogP contribution in [0.4, 0.5) is 5.69 Å². The molecular formula is C15H13BrN2OS. The van der Waals surface area contributed by atoms with Crippen LogP contribution in [0.5, 0.6) is 0 Å². The van der Waals surface area contributed by atoms with E-state index in [2.05, 4.69) is 33.1 Å². The first-order chi connectivity index (χ1) is 9.60. The standard InChI is InChI=1S/C15H13BrN2OS/c1-10-4-5-13(7-11(10)3-2-6-17)18-15(19)12-8-14(16)20-9-12/h4-5,7-9H,6,17H2,1H3,(H,18,19). The predicted molar refractivity (Wildman–Crippen MR) is 87.1 cm³/mol. The normalized spacial score (nSPS) is 9.75. The van der Waals surface area contributed by atoms with Crippen LogP contribution in [-0.4, -0.2) is 12.5 Å². The number of hydrogen-bond donors (Lipinski definition) is 2. The van der Waals surface area contributed by atoms with Gasteiger partial charge in [-0.3, -0.25) is 4.79 Å². The minimum atomic E-state index is -0.131. The molecular weight excluding hydrogens is 336 g/mol. The van der Waals surface area contributed by atoms with Gasteiger partial charge in [-0.25, -0.2) is 0 Å². The average molecular weight is 349 g/mol. The third-order valence-corrected chi connectivity index (χ3v) is 4.15. The average Bonchev–Trinajstić information content (AvgIpc) is 2.86. The molecule has 2 aromatic rings. The molecule has 0 saturated carbocycles. The van der Waals surface area contributed by atoms with Crippen LogP contribution in [0.15, 0.2) is 33.4 Å². The number of carbonyl (C=O) groups excluding carboxylic acids is 1. The highest BCUT2D eigenvalue weighted by atomic mass is 79.9. The van der Waals surface area contributed by atoms with Crippen LogP contribution in [-0.2, 0) is 0 Å². The molecule has 1 heterocycles. The van der Waals surface area contributed by atoms with Gasteiger partial charge in [0.25, 0.3) is 5.91 Å². The zero-order chi connectivity index (χ0) is 14.5. The summed E-state index contributed by atoms with van der Waals surface area (Å²) in [6.07, 6.45) is 0. The molecule has 1 aromatic carbocycles. The van der Waals surface area contributed by atoms with E-state index < -0.39 is 0 Å². The van der Waals surface area contributed by atoms with E-state index in [0.29, 0.717) is 12.1 Å². The number of aryl methyl sites for hydroxylation is 1. The smallest absolute Gasteiger partial charge is 0.256 e. The summed E-state index contributed by atoms with van der Waals surface area (Å²) in [5.41, 5.74) is 8.67. The number of benzene rings is 1. The highest BCUT2D eigenvalue weighted by molar-refractivity contribution is 9.11. The first-order valence-electron chi connectivity index (χ1n) is 5.95. The molecule has 0 aliphatic rings. The molecule has 3 N–H and O–H groups in total. The van der Waals surface area contributed by atoms with Crippen molar-refractivity contribution in [2.75, 3.05) is 11.9 Å². The second kappa shape index (κ2) is 6.71. The van der Waals surface area contributed by atoms with Crippen molar-refractivity contribution in [1.29, 1.82) is 0 Å². The van der Waals surface area contributed by atoms with E-state index in [9.17, 15) is 4.79 Å². The Hall–Kier alpha value is -1.61. The van der Waals surface area contributed by atoms with E-state index in [1.54, 1.807) is 6.07 Å². The van der Waals surface area contributed by atoms with Gasteiger partial charge in [0.05, 0.1) is 15.9 Å². The van der Waals surface area contributed by atoms with E-state index >= 15 is 0 Å². The van der Waals surface area contributed by atoms with Gasteiger partial charge in [-0.15, -0.1) is 11.3 Å². The lowest BCUT2D eigenvalue weighted by Crippen LogP contribution is -2.11. The Kier molecular flexibility index (Phi) is 4.96. The Labute approximate surface area is 130 Å². The molecule has 5 heteroatoms. The molecule has 0 bridgehead atoms. The van der Waals surface area contributed by atoms with Gasteiger partial charge in [0.1, 0.15) is 0 Å². The molecule has 0 atom stereocenters. The lowest BCUT2D eigenvalue weighted by Gasteiger charge is -2.06. The minimum Gasteiger partial charge on any atom is -0.322 e. The number of rotatable bonds is 2. The zero-order valence-electron chi connectivity index (χ0n) is 10.9. The van der Waals surface area contributed by atoms with Crippen LogP contribution in [0.1, 0.15) is 21.5 Å². The van der Waals surface area contributed by atoms with Gasteiger partial charge in [-0.05, 0) is 46.6 Å². The van der Waals surface area contributed by atoms with Crippen LogP contribution < -0.4 is 11.1 Å². The van der Waals surface area contributed by atoms with Crippen LogP contribution in [0.25, 0.3) is 0 Å². The lowest BCUT2D eigenvalue weighted by molar-refractivity contribution is 0.102. The Balaban J connectivity index is 2.19. The van der Waals surface area contributed by atoms with Crippen molar-refractivity contribution < 1.29 is 4.79 Å². The summed E-state index contributed by atoms with van der Waals surface area (Å²) in [4.78, 5) is 12.1. The molecule has 0 fully saturated rings. The largest absolute Gasteiger partial charge is 0.322 e. The number of nitrogens with one attached hydrogen (secondary N) is 1. The Morgan fingerprint density at radius 2 is 2.25 bits per heavy atom. The van der Waals surface area contributed by atoms with Crippen molar-refractivity contribution in [3.8, 4) is 11.8 Å². The number of halogens is 1. The molecule has 0 unspecified atom stereocenters. The summed E-state index contributed by atoms with van der Waals surface area (Å²) in [5.74, 6) is 5.69. The second-order valence-electron chi connectivity index (χ2n) is 4.13. The molecule has 1 aromatic heterocycles. The molecule has 1 amide bonds. The minimum absolute atomic E-state index is 0.131. The first-order valence-corrected chi connectivity index (χ1v) is 7.62. The zero-order valence-corrected chi connectivity index (χ0v) is 13.3. The molecule has 0 spiro atoms. The fourth-order valence-corrected chi connectivity index (χ4v) is 2.75. The van der Waals surface area contributed by atoms with Gasteiger partial charge in [-0.2, -0.15) is 0 Å². The van der Waals surface area contributed by atoms with Crippen LogP contribution >= 0.6 is 27.3 Å². The summed E-state index contributed by atoms with van der Waals surface area (Å²) in [7, 11) is 0. The van der Waals surface area contributed by atoms with E-state index in [0.717, 1.165) is 20.6 Å². The first kappa shape index (κ1) is 14.8. The van der Waals surface area contributed by atoms with Crippen molar-refractivity contribution in [3.63, 3.8) is 0 Å². The third kappa shape index (κ3) is 3.70. The van der Waals surface area contributed by atoms with Crippen molar-refractivity contribution >= 4 is 38.9 Å². The Morgan fingerprint density at radius 1 is 1.45 bits per heavy atom. The maximum atomic E-state index is 12.1. The Bertz CT molecular complexity index is 697. The van der Waals surface area contributed by atoms with Crippen molar-refractivity contribution in [3.05, 3.63) is 50.1 Å². The number of anilines is 1. The van der Waals surface area contributed by atoms with E-state index in [-0.39, 0.29) is 5.91 Å². The molecule has 3 nitrogen and oxygen atoms in total. The molecule has 2 rings (SSSR count). The van der Waals surface area contributed by atoms with Crippen molar-refractivity contribution in [2.24, 2.45) is 5.73 Å². The summed E-state index contributed by atoms with van der Waals surface area (Å²) in [6.45, 7) is 2.29. The second-order valence-corrected chi connectivity index (χ2v) is 6.42. The van der Waals surface area contributed by atoms with E-state index in [1.807, 2.05) is 30.5 Å². The maximum Gasteiger partial charge on any atom is 0.256 e. The quantitative estimate of drug-likeness (QED) is 0.817. The summed E-state index contributed by atoms with van der Waals surface area (Å²) in [6, 6.07) is 7.45. The van der Waals surface area contributed by atoms with Crippen molar-refractivity contribution in [2.45, 2.75) is 6.92 Å². The summed E-state index contributed by atoms with van der Waals surface area (Å²) >= 11 is 4.82. The molecule has 102 valence electrons. The van der Waals surface area contributed by atoms with Gasteiger partial charge < -0.3 is 11.1 Å². The highest BCUT2D eigenvalue weighted by Gasteiger charge is 2.08. The monoisotopic (exact) mass is 348 g/mol. The fourth-order valence-electron chi connectivity index (χ4n) is 1.61. The molecule has 20 heavy (non-hydrogen) atoms. The number of thiophene rings is 1. The molecule has 0 radical (unpaired) electrons. The summed E-state index contributed by atoms with van der Waals surface area (Å²) in [5, 5.41) is 4.67. The Morgan fingerprint density at radius 3 is 2.90 bits per heavy atom. The van der Waals surface area contributed by atoms with E-state index in [1.165, 1.54) is 11.3 Å². The van der Waals surface area contributed by atoms with Gasteiger partial charge in [0.15, 0.2) is 0 Å². The van der Waals surface area contributed by atoms with Crippen LogP contribution in [0.3, 0.4) is 0 Å². The van der Waals surface area contributed by atoms with Crippen molar-refractivity contribution in [1.82, 2.24) is 0 Å². The number of carbonyl (C=O) groups is 1. The highest BCUT2D eigenvalue weighted by Crippen LogP contribution is 2.22. The molecule has 0 saturated heterocycles. The maximum absolute atomic E-state index is 12.1. The number of nitrogens with two attached hydrogens (primary N) is 1. The van der Waals surface area contributed by atoms with Crippen LogP contribution in [0.2, 0.25) is 0 Å². The topological polar surface area (TPSA) is 55.1 Å². The van der Waals surface area contributed by atoms with Gasteiger partial charge in [0, 0.05) is 16.6 Å². The lowest BCUT2D eigenvalue weighted by atomic mass is 10.1. The summed E-state index contributed by atoms with van der Waals surface area (Å²) < 4.78 is 0.932. The van der Waals surface area contributed by atoms with Gasteiger partial charge in [-0.1, -0.05) is 17.9 Å². The van der Waals surface area contributed by atoms with Gasteiger partial charge >= 0.3 is 0 Å². The van der Waals surface area contributed by atoms with E-state index in [4.69, 9.17) is 5.73 Å². The predicted octanol–water partition coefficient (Wildman–Crippen LogP) is 3.38. The molecule has 0 aliphatic heterocycles. The SMILES string of the molecule is Cc1ccc(NC(=O)c2csc(Br)c2)cc1C#CCN. The fraction of sp³-hybridized carbons (Fsp3) is 0.133. The van der Waals surface area contributed by atoms with Gasteiger partial charge in [0.2, 0.25) is 0 Å². The molecule has 0 aliphatic carbocycles. The van der Waals surface area contributed by atoms with Crippen LogP contribution in [0, 0.1) is 18.8 Å². The third-order valence-electron chi connectivity index (χ3n) is 2.65. The number of hydrogen-bond acceptors (Lipinski definition) is 3. The number of amides is 1.